The summed E-state index contributed by atoms with van der Waals surface area (Å²) < 4.78 is 0. The van der Waals surface area contributed by atoms with Gasteiger partial charge in [0, 0.05) is 29.2 Å². The lowest BCUT2D eigenvalue weighted by Crippen LogP contribution is -2.10. The fourth-order valence-corrected chi connectivity index (χ4v) is 2.47. The molecule has 1 N–H and O–H groups in total. The number of hydrogen-bond donors (Lipinski definition) is 1. The van der Waals surface area contributed by atoms with Crippen LogP contribution in [0.25, 0.3) is 0 Å². The van der Waals surface area contributed by atoms with Gasteiger partial charge in [0.2, 0.25) is 0 Å². The molecule has 0 aliphatic heterocycles. The van der Waals surface area contributed by atoms with Crippen LogP contribution in [0.1, 0.15) is 42.9 Å². The zero-order valence-electron chi connectivity index (χ0n) is 12.9. The van der Waals surface area contributed by atoms with Gasteiger partial charge in [-0.3, -0.25) is 0 Å². The summed E-state index contributed by atoms with van der Waals surface area (Å²) in [5, 5.41) is 4.16. The predicted molar refractivity (Wildman–Crippen MR) is 89.2 cm³/mol. The zero-order valence-corrected chi connectivity index (χ0v) is 13.7. The molecule has 2 aromatic rings. The molecule has 0 aliphatic carbocycles. The minimum atomic E-state index is 0.660. The van der Waals surface area contributed by atoms with E-state index in [4.69, 9.17) is 11.6 Å². The predicted octanol–water partition coefficient (Wildman–Crippen LogP) is 4.41. The molecule has 0 spiro atoms. The fraction of sp³-hybridized carbons (Fsp3) is 0.412. The molecule has 0 radical (unpaired) electrons. The number of aromatic nitrogens is 2. The maximum atomic E-state index is 6.23. The molecule has 4 heteroatoms. The first kappa shape index (κ1) is 15.8. The highest BCUT2D eigenvalue weighted by Gasteiger charge is 2.11. The van der Waals surface area contributed by atoms with E-state index >= 15 is 0 Å². The molecule has 0 unspecified atom stereocenters. The Bertz CT molecular complexity index is 611. The van der Waals surface area contributed by atoms with E-state index < -0.39 is 0 Å². The molecule has 0 amide bonds. The van der Waals surface area contributed by atoms with Crippen molar-refractivity contribution < 1.29 is 0 Å². The van der Waals surface area contributed by atoms with Crippen LogP contribution in [0.2, 0.25) is 5.02 Å². The van der Waals surface area contributed by atoms with Gasteiger partial charge in [-0.05, 0) is 31.4 Å². The van der Waals surface area contributed by atoms with E-state index in [2.05, 4.69) is 36.1 Å². The van der Waals surface area contributed by atoms with Gasteiger partial charge in [0.05, 0.1) is 0 Å². The van der Waals surface area contributed by atoms with Crippen LogP contribution in [-0.2, 0) is 12.8 Å². The minimum Gasteiger partial charge on any atom is -0.370 e. The van der Waals surface area contributed by atoms with E-state index in [0.29, 0.717) is 6.42 Å². The quantitative estimate of drug-likeness (QED) is 0.858. The summed E-state index contributed by atoms with van der Waals surface area (Å²) in [4.78, 5) is 9.36. The summed E-state index contributed by atoms with van der Waals surface area (Å²) in [5.74, 6) is 1.77. The fourth-order valence-electron chi connectivity index (χ4n) is 2.27. The number of nitrogens with one attached hydrogen (secondary N) is 1. The smallest absolute Gasteiger partial charge is 0.135 e. The molecule has 0 aliphatic rings. The largest absolute Gasteiger partial charge is 0.370 e. The number of anilines is 1. The van der Waals surface area contributed by atoms with Gasteiger partial charge in [-0.1, -0.05) is 43.6 Å². The highest BCUT2D eigenvalue weighted by molar-refractivity contribution is 6.31. The van der Waals surface area contributed by atoms with E-state index in [1.807, 2.05) is 24.3 Å². The van der Waals surface area contributed by atoms with Crippen molar-refractivity contribution in [1.82, 2.24) is 9.97 Å². The summed E-state index contributed by atoms with van der Waals surface area (Å²) in [7, 11) is 0. The number of aryl methyl sites for hydroxylation is 1. The van der Waals surface area contributed by atoms with Gasteiger partial charge in [0.25, 0.3) is 0 Å². The lowest BCUT2D eigenvalue weighted by Gasteiger charge is -2.13. The average molecular weight is 304 g/mol. The van der Waals surface area contributed by atoms with Crippen molar-refractivity contribution in [2.45, 2.75) is 40.0 Å². The molecule has 0 saturated heterocycles. The highest BCUT2D eigenvalue weighted by Crippen LogP contribution is 2.21. The molecule has 1 heterocycles. The Labute approximate surface area is 131 Å². The second-order valence-electron chi connectivity index (χ2n) is 5.11. The Morgan fingerprint density at radius 1 is 1.14 bits per heavy atom. The molecule has 112 valence electrons. The first-order chi connectivity index (χ1) is 10.2. The number of hydrogen-bond acceptors (Lipinski definition) is 3. The first-order valence-corrected chi connectivity index (χ1v) is 7.87. The molecular weight excluding hydrogens is 282 g/mol. The van der Waals surface area contributed by atoms with E-state index in [1.165, 1.54) is 0 Å². The van der Waals surface area contributed by atoms with Crippen molar-refractivity contribution in [3.8, 4) is 0 Å². The van der Waals surface area contributed by atoms with Gasteiger partial charge >= 0.3 is 0 Å². The van der Waals surface area contributed by atoms with Crippen LogP contribution in [-0.4, -0.2) is 16.5 Å². The van der Waals surface area contributed by atoms with Crippen molar-refractivity contribution in [2.75, 3.05) is 11.9 Å². The number of rotatable bonds is 6. The van der Waals surface area contributed by atoms with Crippen molar-refractivity contribution in [2.24, 2.45) is 0 Å². The molecule has 0 saturated carbocycles. The Hall–Kier alpha value is -1.61. The van der Waals surface area contributed by atoms with Crippen molar-refractivity contribution in [1.29, 1.82) is 0 Å². The van der Waals surface area contributed by atoms with Gasteiger partial charge in [-0.25, -0.2) is 9.97 Å². The number of nitrogens with zero attached hydrogens (tertiary/aromatic N) is 2. The van der Waals surface area contributed by atoms with Gasteiger partial charge in [0.1, 0.15) is 11.6 Å². The maximum absolute atomic E-state index is 6.23. The van der Waals surface area contributed by atoms with Gasteiger partial charge in [-0.2, -0.15) is 0 Å². The second-order valence-corrected chi connectivity index (χ2v) is 5.52. The van der Waals surface area contributed by atoms with Gasteiger partial charge in [0.15, 0.2) is 0 Å². The van der Waals surface area contributed by atoms with Crippen LogP contribution in [0.3, 0.4) is 0 Å². The summed E-state index contributed by atoms with van der Waals surface area (Å²) >= 11 is 6.23. The van der Waals surface area contributed by atoms with Crippen molar-refractivity contribution >= 4 is 17.4 Å². The lowest BCUT2D eigenvalue weighted by molar-refractivity contribution is 0.876. The summed E-state index contributed by atoms with van der Waals surface area (Å²) in [6, 6.07) is 7.86. The van der Waals surface area contributed by atoms with Gasteiger partial charge in [-0.15, -0.1) is 0 Å². The first-order valence-electron chi connectivity index (χ1n) is 7.49. The molecule has 0 atom stereocenters. The Kier molecular flexibility index (Phi) is 5.57. The van der Waals surface area contributed by atoms with E-state index in [0.717, 1.165) is 52.9 Å². The van der Waals surface area contributed by atoms with E-state index in [9.17, 15) is 0 Å². The number of halogens is 1. The van der Waals surface area contributed by atoms with E-state index in [1.54, 1.807) is 0 Å². The standard InChI is InChI=1S/C17H22ClN3/c1-4-10-19-17-12(3)15(5-2)20-16(21-17)11-13-8-6-7-9-14(13)18/h6-9H,4-5,10-11H2,1-3H3,(H,19,20,21). The SMILES string of the molecule is CCCNc1nc(Cc2ccccc2Cl)nc(CC)c1C. The maximum Gasteiger partial charge on any atom is 0.135 e. The Morgan fingerprint density at radius 2 is 1.90 bits per heavy atom. The minimum absolute atomic E-state index is 0.660. The molecule has 0 fully saturated rings. The molecule has 1 aromatic carbocycles. The van der Waals surface area contributed by atoms with Crippen LogP contribution in [0.15, 0.2) is 24.3 Å². The van der Waals surface area contributed by atoms with Crippen LogP contribution in [0.5, 0.6) is 0 Å². The third kappa shape index (κ3) is 3.94. The zero-order chi connectivity index (χ0) is 15.2. The molecule has 2 rings (SSSR count). The molecule has 0 bridgehead atoms. The Balaban J connectivity index is 2.33. The van der Waals surface area contributed by atoms with Crippen LogP contribution >= 0.6 is 11.6 Å². The molecule has 1 aromatic heterocycles. The van der Waals surface area contributed by atoms with Crippen molar-refractivity contribution in [3.63, 3.8) is 0 Å². The van der Waals surface area contributed by atoms with Crippen LogP contribution in [0, 0.1) is 6.92 Å². The van der Waals surface area contributed by atoms with Crippen LogP contribution in [0.4, 0.5) is 5.82 Å². The van der Waals surface area contributed by atoms with E-state index in [-0.39, 0.29) is 0 Å². The van der Waals surface area contributed by atoms with Crippen molar-refractivity contribution in [3.05, 3.63) is 51.9 Å². The third-order valence-corrected chi connectivity index (χ3v) is 3.85. The lowest BCUT2D eigenvalue weighted by atomic mass is 10.1. The monoisotopic (exact) mass is 303 g/mol. The van der Waals surface area contributed by atoms with Crippen LogP contribution < -0.4 is 5.32 Å². The average Bonchev–Trinajstić information content (AvgIpc) is 2.49. The summed E-state index contributed by atoms with van der Waals surface area (Å²) in [5.41, 5.74) is 3.31. The molecule has 3 nitrogen and oxygen atoms in total. The Morgan fingerprint density at radius 3 is 2.57 bits per heavy atom. The van der Waals surface area contributed by atoms with Gasteiger partial charge < -0.3 is 5.32 Å². The second kappa shape index (κ2) is 7.41. The molecular formula is C17H22ClN3. The summed E-state index contributed by atoms with van der Waals surface area (Å²) in [6.07, 6.45) is 2.64. The topological polar surface area (TPSA) is 37.8 Å². The highest BCUT2D eigenvalue weighted by atomic mass is 35.5. The normalized spacial score (nSPS) is 10.7. The number of benzene rings is 1. The third-order valence-electron chi connectivity index (χ3n) is 3.48. The summed E-state index contributed by atoms with van der Waals surface area (Å²) in [6.45, 7) is 7.27. The molecule has 21 heavy (non-hydrogen) atoms.